The lowest BCUT2D eigenvalue weighted by molar-refractivity contribution is 0.0290. The molecule has 32 heavy (non-hydrogen) atoms. The molecule has 3 heterocycles. The van der Waals surface area contributed by atoms with E-state index in [-0.39, 0.29) is 18.0 Å². The van der Waals surface area contributed by atoms with Crippen LogP contribution in [-0.4, -0.2) is 46.6 Å². The Morgan fingerprint density at radius 3 is 2.88 bits per heavy atom. The SMILES string of the molecule is Cc1oc2ccc(OCc3cncs3)cc2c1C(=O)N[C@H]1CCN(C(=O)OC(C)(C)C)C1. The fourth-order valence-corrected chi connectivity index (χ4v) is 4.17. The van der Waals surface area contributed by atoms with Crippen molar-refractivity contribution in [3.05, 3.63) is 46.1 Å². The quantitative estimate of drug-likeness (QED) is 0.606. The molecule has 1 aliphatic rings. The average molecular weight is 458 g/mol. The predicted molar refractivity (Wildman–Crippen MR) is 121 cm³/mol. The molecule has 1 atom stereocenters. The molecule has 1 aliphatic heterocycles. The van der Waals surface area contributed by atoms with Crippen molar-refractivity contribution in [2.75, 3.05) is 13.1 Å². The molecule has 2 amide bonds. The number of fused-ring (bicyclic) bond motifs is 1. The smallest absolute Gasteiger partial charge is 0.410 e. The lowest BCUT2D eigenvalue weighted by atomic mass is 10.1. The van der Waals surface area contributed by atoms with Gasteiger partial charge in [-0.15, -0.1) is 11.3 Å². The molecular formula is C23H27N3O5S. The van der Waals surface area contributed by atoms with Crippen molar-refractivity contribution >= 4 is 34.3 Å². The maximum atomic E-state index is 13.1. The van der Waals surface area contributed by atoms with Crippen LogP contribution < -0.4 is 10.1 Å². The number of hydrogen-bond donors (Lipinski definition) is 1. The van der Waals surface area contributed by atoms with Gasteiger partial charge in [0.25, 0.3) is 5.91 Å². The van der Waals surface area contributed by atoms with Crippen molar-refractivity contribution < 1.29 is 23.5 Å². The van der Waals surface area contributed by atoms with Crippen LogP contribution in [-0.2, 0) is 11.3 Å². The Morgan fingerprint density at radius 1 is 1.34 bits per heavy atom. The molecule has 2 aromatic heterocycles. The van der Waals surface area contributed by atoms with E-state index in [4.69, 9.17) is 13.9 Å². The van der Waals surface area contributed by atoms with Crippen molar-refractivity contribution in [1.29, 1.82) is 0 Å². The van der Waals surface area contributed by atoms with E-state index >= 15 is 0 Å². The molecule has 0 bridgehead atoms. The number of aromatic nitrogens is 1. The summed E-state index contributed by atoms with van der Waals surface area (Å²) < 4.78 is 17.1. The molecule has 1 aromatic carbocycles. The highest BCUT2D eigenvalue weighted by atomic mass is 32.1. The second-order valence-electron chi connectivity index (χ2n) is 8.83. The largest absolute Gasteiger partial charge is 0.488 e. The van der Waals surface area contributed by atoms with E-state index in [1.807, 2.05) is 32.9 Å². The first-order valence-electron chi connectivity index (χ1n) is 10.5. The zero-order valence-electron chi connectivity index (χ0n) is 18.6. The van der Waals surface area contributed by atoms with Gasteiger partial charge in [0.05, 0.1) is 16.0 Å². The number of aryl methyl sites for hydroxylation is 1. The lowest BCUT2D eigenvalue weighted by Crippen LogP contribution is -2.40. The summed E-state index contributed by atoms with van der Waals surface area (Å²) in [7, 11) is 0. The molecule has 4 rings (SSSR count). The highest BCUT2D eigenvalue weighted by molar-refractivity contribution is 7.09. The van der Waals surface area contributed by atoms with Gasteiger partial charge in [0.15, 0.2) is 0 Å². The summed E-state index contributed by atoms with van der Waals surface area (Å²) in [4.78, 5) is 32.1. The molecule has 0 unspecified atom stereocenters. The molecule has 0 aliphatic carbocycles. The van der Waals surface area contributed by atoms with Gasteiger partial charge in [-0.25, -0.2) is 4.79 Å². The van der Waals surface area contributed by atoms with E-state index in [0.717, 1.165) is 4.88 Å². The van der Waals surface area contributed by atoms with Crippen LogP contribution in [0.15, 0.2) is 34.3 Å². The molecule has 3 aromatic rings. The van der Waals surface area contributed by atoms with Gasteiger partial charge < -0.3 is 24.1 Å². The van der Waals surface area contributed by atoms with E-state index in [1.54, 1.807) is 29.6 Å². The van der Waals surface area contributed by atoms with Crippen molar-refractivity contribution in [2.45, 2.75) is 52.4 Å². The van der Waals surface area contributed by atoms with Gasteiger partial charge in [-0.05, 0) is 52.3 Å². The summed E-state index contributed by atoms with van der Waals surface area (Å²) in [5.74, 6) is 0.966. The Balaban J connectivity index is 1.44. The number of carbonyl (C=O) groups excluding carboxylic acids is 2. The molecule has 8 nitrogen and oxygen atoms in total. The normalized spacial score (nSPS) is 16.4. The number of ether oxygens (including phenoxy) is 2. The summed E-state index contributed by atoms with van der Waals surface area (Å²) >= 11 is 1.52. The van der Waals surface area contributed by atoms with Crippen LogP contribution in [0.5, 0.6) is 5.75 Å². The first-order chi connectivity index (χ1) is 15.2. The van der Waals surface area contributed by atoms with Crippen molar-refractivity contribution in [2.24, 2.45) is 0 Å². The Labute approximate surface area is 190 Å². The number of rotatable bonds is 5. The Morgan fingerprint density at radius 2 is 2.16 bits per heavy atom. The summed E-state index contributed by atoms with van der Waals surface area (Å²) in [6.45, 7) is 8.65. The van der Waals surface area contributed by atoms with Gasteiger partial charge in [-0.1, -0.05) is 0 Å². The summed E-state index contributed by atoms with van der Waals surface area (Å²) in [6.07, 6.45) is 2.08. The minimum atomic E-state index is -0.551. The Kier molecular flexibility index (Phi) is 6.10. The average Bonchev–Trinajstić information content (AvgIpc) is 3.44. The number of hydrogen-bond acceptors (Lipinski definition) is 7. The number of nitrogens with one attached hydrogen (secondary N) is 1. The molecule has 0 radical (unpaired) electrons. The predicted octanol–water partition coefficient (Wildman–Crippen LogP) is 4.52. The molecule has 1 saturated heterocycles. The second kappa shape index (κ2) is 8.82. The standard InChI is InChI=1S/C23H27N3O5S/c1-14-20(21(27)25-15-7-8-26(11-15)22(28)31-23(2,3)4)18-9-16(5-6-19(18)30-14)29-12-17-10-24-13-32-17/h5-6,9-10,13,15H,7-8,11-12H2,1-4H3,(H,25,27)/t15-/m0/s1. The molecule has 9 heteroatoms. The first kappa shape index (κ1) is 22.1. The van der Waals surface area contributed by atoms with Crippen molar-refractivity contribution in [3.8, 4) is 5.75 Å². The van der Waals surface area contributed by atoms with Gasteiger partial charge in [-0.3, -0.25) is 9.78 Å². The second-order valence-corrected chi connectivity index (χ2v) is 9.80. The molecule has 0 saturated carbocycles. The Bertz CT molecular complexity index is 1120. The topological polar surface area (TPSA) is 93.9 Å². The van der Waals surface area contributed by atoms with Crippen LogP contribution in [0.4, 0.5) is 4.79 Å². The maximum absolute atomic E-state index is 13.1. The molecule has 1 N–H and O–H groups in total. The van der Waals surface area contributed by atoms with Crippen LogP contribution in [0.25, 0.3) is 11.0 Å². The van der Waals surface area contributed by atoms with Gasteiger partial charge >= 0.3 is 6.09 Å². The molecule has 170 valence electrons. The third-order valence-corrected chi connectivity index (χ3v) is 5.86. The van der Waals surface area contributed by atoms with Crippen LogP contribution in [0.3, 0.4) is 0 Å². The van der Waals surface area contributed by atoms with Gasteiger partial charge in [-0.2, -0.15) is 0 Å². The molecular weight excluding hydrogens is 430 g/mol. The molecule has 0 spiro atoms. The zero-order chi connectivity index (χ0) is 22.9. The summed E-state index contributed by atoms with van der Waals surface area (Å²) in [5, 5.41) is 3.74. The summed E-state index contributed by atoms with van der Waals surface area (Å²) in [5.41, 5.74) is 2.32. The van der Waals surface area contributed by atoms with Crippen LogP contribution in [0.1, 0.15) is 48.2 Å². The van der Waals surface area contributed by atoms with E-state index < -0.39 is 5.60 Å². The number of likely N-dealkylation sites (tertiary alicyclic amines) is 1. The number of thiazole rings is 1. The number of nitrogens with zero attached hydrogens (tertiary/aromatic N) is 2. The fourth-order valence-electron chi connectivity index (χ4n) is 3.67. The minimum absolute atomic E-state index is 0.148. The highest BCUT2D eigenvalue weighted by Crippen LogP contribution is 2.30. The number of carbonyl (C=O) groups is 2. The minimum Gasteiger partial charge on any atom is -0.488 e. The number of furan rings is 1. The third-order valence-electron chi connectivity index (χ3n) is 5.10. The highest BCUT2D eigenvalue weighted by Gasteiger charge is 2.31. The van der Waals surface area contributed by atoms with Crippen LogP contribution in [0, 0.1) is 6.92 Å². The third kappa shape index (κ3) is 5.04. The first-order valence-corrected chi connectivity index (χ1v) is 11.4. The van der Waals surface area contributed by atoms with Crippen molar-refractivity contribution in [3.63, 3.8) is 0 Å². The van der Waals surface area contributed by atoms with E-state index in [1.165, 1.54) is 11.3 Å². The van der Waals surface area contributed by atoms with E-state index in [0.29, 0.717) is 54.2 Å². The number of benzene rings is 1. The van der Waals surface area contributed by atoms with E-state index in [9.17, 15) is 9.59 Å². The number of amides is 2. The zero-order valence-corrected chi connectivity index (χ0v) is 19.5. The van der Waals surface area contributed by atoms with Crippen LogP contribution in [0.2, 0.25) is 0 Å². The maximum Gasteiger partial charge on any atom is 0.410 e. The van der Waals surface area contributed by atoms with Crippen LogP contribution >= 0.6 is 11.3 Å². The van der Waals surface area contributed by atoms with Gasteiger partial charge in [0, 0.05) is 30.7 Å². The van der Waals surface area contributed by atoms with Gasteiger partial charge in [0.2, 0.25) is 0 Å². The Hall–Kier alpha value is -3.07. The fraction of sp³-hybridized carbons (Fsp3) is 0.435. The lowest BCUT2D eigenvalue weighted by Gasteiger charge is -2.24. The molecule has 1 fully saturated rings. The van der Waals surface area contributed by atoms with Gasteiger partial charge in [0.1, 0.15) is 29.3 Å². The van der Waals surface area contributed by atoms with Crippen molar-refractivity contribution in [1.82, 2.24) is 15.2 Å². The monoisotopic (exact) mass is 457 g/mol. The summed E-state index contributed by atoms with van der Waals surface area (Å²) in [6, 6.07) is 5.30. The van der Waals surface area contributed by atoms with E-state index in [2.05, 4.69) is 10.3 Å².